The standard InChI is InChI=1S/C15H17IO3/c1-18-15(17)14-12(8-11-6-7-13(14)19-11)9-2-4-10(16)5-3-9/h2-5,11-14H,6-8H2,1H3/t11?,12-,13?,14-/m0/s1. The lowest BCUT2D eigenvalue weighted by molar-refractivity contribution is -0.156. The van der Waals surface area contributed by atoms with E-state index in [4.69, 9.17) is 9.47 Å². The fourth-order valence-electron chi connectivity index (χ4n) is 3.37. The van der Waals surface area contributed by atoms with Gasteiger partial charge in [-0.3, -0.25) is 4.79 Å². The number of hydrogen-bond donors (Lipinski definition) is 0. The molecule has 3 rings (SSSR count). The molecule has 0 N–H and O–H groups in total. The van der Waals surface area contributed by atoms with Gasteiger partial charge >= 0.3 is 5.97 Å². The van der Waals surface area contributed by atoms with Crippen LogP contribution in [0.4, 0.5) is 0 Å². The Morgan fingerprint density at radius 1 is 1.32 bits per heavy atom. The van der Waals surface area contributed by atoms with Crippen LogP contribution in [0.1, 0.15) is 30.7 Å². The van der Waals surface area contributed by atoms with Crippen LogP contribution in [-0.2, 0) is 14.3 Å². The lowest BCUT2D eigenvalue weighted by atomic mass is 9.79. The van der Waals surface area contributed by atoms with Gasteiger partial charge in [0.15, 0.2) is 0 Å². The van der Waals surface area contributed by atoms with E-state index in [1.807, 2.05) is 0 Å². The van der Waals surface area contributed by atoms with Crippen molar-refractivity contribution in [1.82, 2.24) is 0 Å². The number of carbonyl (C=O) groups is 1. The first-order valence-electron chi connectivity index (χ1n) is 6.68. The summed E-state index contributed by atoms with van der Waals surface area (Å²) in [5.41, 5.74) is 1.23. The summed E-state index contributed by atoms with van der Waals surface area (Å²) in [7, 11) is 1.47. The Morgan fingerprint density at radius 2 is 2.05 bits per heavy atom. The molecular weight excluding hydrogens is 355 g/mol. The van der Waals surface area contributed by atoms with Crippen molar-refractivity contribution in [3.63, 3.8) is 0 Å². The van der Waals surface area contributed by atoms with Gasteiger partial charge in [-0.05, 0) is 59.5 Å². The molecule has 102 valence electrons. The van der Waals surface area contributed by atoms with E-state index < -0.39 is 0 Å². The van der Waals surface area contributed by atoms with Crippen molar-refractivity contribution in [2.24, 2.45) is 5.92 Å². The number of esters is 1. The Bertz CT molecular complexity index is 471. The maximum absolute atomic E-state index is 12.1. The molecule has 2 aliphatic heterocycles. The van der Waals surface area contributed by atoms with Gasteiger partial charge in [-0.15, -0.1) is 0 Å². The first-order chi connectivity index (χ1) is 9.19. The molecule has 0 aromatic heterocycles. The van der Waals surface area contributed by atoms with Crippen molar-refractivity contribution in [3.05, 3.63) is 33.4 Å². The number of carbonyl (C=O) groups excluding carboxylic acids is 1. The van der Waals surface area contributed by atoms with E-state index in [1.54, 1.807) is 0 Å². The van der Waals surface area contributed by atoms with Gasteiger partial charge in [0.2, 0.25) is 0 Å². The molecular formula is C15H17IO3. The van der Waals surface area contributed by atoms with Crippen molar-refractivity contribution in [2.75, 3.05) is 7.11 Å². The number of benzene rings is 1. The van der Waals surface area contributed by atoms with Gasteiger partial charge in [-0.2, -0.15) is 0 Å². The first kappa shape index (κ1) is 13.4. The van der Waals surface area contributed by atoms with Crippen molar-refractivity contribution >= 4 is 28.6 Å². The summed E-state index contributed by atoms with van der Waals surface area (Å²) in [6, 6.07) is 8.46. The maximum Gasteiger partial charge on any atom is 0.311 e. The predicted molar refractivity (Wildman–Crippen MR) is 79.9 cm³/mol. The van der Waals surface area contributed by atoms with Crippen molar-refractivity contribution < 1.29 is 14.3 Å². The number of methoxy groups -OCH3 is 1. The third-order valence-corrected chi connectivity index (χ3v) is 4.98. The Morgan fingerprint density at radius 3 is 2.74 bits per heavy atom. The van der Waals surface area contributed by atoms with Crippen LogP contribution in [0.2, 0.25) is 0 Å². The monoisotopic (exact) mass is 372 g/mol. The van der Waals surface area contributed by atoms with Gasteiger partial charge in [-0.1, -0.05) is 12.1 Å². The van der Waals surface area contributed by atoms with Crippen LogP contribution in [0.3, 0.4) is 0 Å². The van der Waals surface area contributed by atoms with Crippen LogP contribution in [0, 0.1) is 9.49 Å². The summed E-state index contributed by atoms with van der Waals surface area (Å²) in [6.07, 6.45) is 3.33. The van der Waals surface area contributed by atoms with Crippen molar-refractivity contribution in [1.29, 1.82) is 0 Å². The Hall–Kier alpha value is -0.620. The van der Waals surface area contributed by atoms with E-state index in [-0.39, 0.29) is 23.9 Å². The molecule has 0 saturated carbocycles. The molecule has 2 heterocycles. The average molecular weight is 372 g/mol. The van der Waals surface area contributed by atoms with Crippen LogP contribution in [-0.4, -0.2) is 25.3 Å². The summed E-state index contributed by atoms with van der Waals surface area (Å²) >= 11 is 2.30. The normalized spacial score (nSPS) is 33.2. The van der Waals surface area contributed by atoms with E-state index in [2.05, 4.69) is 46.9 Å². The van der Waals surface area contributed by atoms with E-state index in [0.29, 0.717) is 6.10 Å². The summed E-state index contributed by atoms with van der Waals surface area (Å²) in [5, 5.41) is 0. The zero-order valence-corrected chi connectivity index (χ0v) is 13.0. The summed E-state index contributed by atoms with van der Waals surface area (Å²) in [6.45, 7) is 0. The highest BCUT2D eigenvalue weighted by molar-refractivity contribution is 14.1. The minimum absolute atomic E-state index is 0.0375. The van der Waals surface area contributed by atoms with Crippen LogP contribution in [0.5, 0.6) is 0 Å². The highest BCUT2D eigenvalue weighted by Gasteiger charge is 2.47. The molecule has 1 aromatic rings. The molecule has 0 amide bonds. The Labute approximate surface area is 126 Å². The molecule has 1 aromatic carbocycles. The second kappa shape index (κ2) is 5.40. The molecule has 0 spiro atoms. The largest absolute Gasteiger partial charge is 0.469 e. The fraction of sp³-hybridized carbons (Fsp3) is 0.533. The molecule has 2 aliphatic rings. The summed E-state index contributed by atoms with van der Waals surface area (Å²) < 4.78 is 12.1. The summed E-state index contributed by atoms with van der Waals surface area (Å²) in [5.74, 6) is -0.0478. The van der Waals surface area contributed by atoms with E-state index in [1.165, 1.54) is 16.2 Å². The van der Waals surface area contributed by atoms with E-state index >= 15 is 0 Å². The second-order valence-corrected chi connectivity index (χ2v) is 6.56. The lowest BCUT2D eigenvalue weighted by Crippen LogP contribution is -2.39. The van der Waals surface area contributed by atoms with Gasteiger partial charge in [0, 0.05) is 9.49 Å². The number of fused-ring (bicyclic) bond motifs is 2. The summed E-state index contributed by atoms with van der Waals surface area (Å²) in [4.78, 5) is 12.1. The third kappa shape index (κ3) is 2.52. The van der Waals surface area contributed by atoms with Crippen LogP contribution < -0.4 is 0 Å². The molecule has 2 fully saturated rings. The molecule has 0 radical (unpaired) electrons. The number of halogens is 1. The topological polar surface area (TPSA) is 35.5 Å². The fourth-order valence-corrected chi connectivity index (χ4v) is 3.73. The minimum Gasteiger partial charge on any atom is -0.469 e. The molecule has 2 saturated heterocycles. The highest BCUT2D eigenvalue weighted by atomic mass is 127. The van der Waals surface area contributed by atoms with Crippen LogP contribution in [0.15, 0.2) is 24.3 Å². The predicted octanol–water partition coefficient (Wildman–Crippen LogP) is 3.12. The Kier molecular flexibility index (Phi) is 3.80. The van der Waals surface area contributed by atoms with E-state index in [0.717, 1.165) is 19.3 Å². The maximum atomic E-state index is 12.1. The molecule has 4 heteroatoms. The highest BCUT2D eigenvalue weighted by Crippen LogP contribution is 2.45. The van der Waals surface area contributed by atoms with Gasteiger partial charge in [0.05, 0.1) is 25.2 Å². The Balaban J connectivity index is 1.92. The third-order valence-electron chi connectivity index (χ3n) is 4.26. The van der Waals surface area contributed by atoms with Gasteiger partial charge < -0.3 is 9.47 Å². The number of rotatable bonds is 2. The number of ether oxygens (including phenoxy) is 2. The molecule has 2 bridgehead atoms. The average Bonchev–Trinajstić information content (AvgIpc) is 2.80. The van der Waals surface area contributed by atoms with Crippen molar-refractivity contribution in [3.8, 4) is 0 Å². The van der Waals surface area contributed by atoms with Crippen LogP contribution in [0.25, 0.3) is 0 Å². The zero-order valence-electron chi connectivity index (χ0n) is 10.8. The second-order valence-electron chi connectivity index (χ2n) is 5.32. The SMILES string of the molecule is COC(=O)[C@@H]1C2CCC(C[C@H]1c1ccc(I)cc1)O2. The molecule has 0 aliphatic carbocycles. The smallest absolute Gasteiger partial charge is 0.311 e. The van der Waals surface area contributed by atoms with Crippen LogP contribution >= 0.6 is 22.6 Å². The molecule has 4 atom stereocenters. The molecule has 2 unspecified atom stereocenters. The zero-order chi connectivity index (χ0) is 13.4. The molecule has 3 nitrogen and oxygen atoms in total. The van der Waals surface area contributed by atoms with Gasteiger partial charge in [0.25, 0.3) is 0 Å². The van der Waals surface area contributed by atoms with Gasteiger partial charge in [-0.25, -0.2) is 0 Å². The molecule has 19 heavy (non-hydrogen) atoms. The quantitative estimate of drug-likeness (QED) is 0.591. The minimum atomic E-state index is -0.149. The van der Waals surface area contributed by atoms with Gasteiger partial charge in [0.1, 0.15) is 0 Å². The van der Waals surface area contributed by atoms with Crippen molar-refractivity contribution in [2.45, 2.75) is 37.4 Å². The number of hydrogen-bond acceptors (Lipinski definition) is 3. The first-order valence-corrected chi connectivity index (χ1v) is 7.75. The lowest BCUT2D eigenvalue weighted by Gasteiger charge is -2.35. The van der Waals surface area contributed by atoms with E-state index in [9.17, 15) is 4.79 Å².